The highest BCUT2D eigenvalue weighted by Gasteiger charge is 2.09. The van der Waals surface area contributed by atoms with Crippen molar-refractivity contribution in [3.05, 3.63) is 71.8 Å². The van der Waals surface area contributed by atoms with Crippen molar-refractivity contribution in [2.24, 2.45) is 0 Å². The Labute approximate surface area is 184 Å². The lowest BCUT2D eigenvalue weighted by Gasteiger charge is -2.13. The summed E-state index contributed by atoms with van der Waals surface area (Å²) in [6, 6.07) is 11.2. The van der Waals surface area contributed by atoms with Gasteiger partial charge in [-0.15, -0.1) is 0 Å². The highest BCUT2D eigenvalue weighted by molar-refractivity contribution is 6.31. The lowest BCUT2D eigenvalue weighted by atomic mass is 10.2. The van der Waals surface area contributed by atoms with Gasteiger partial charge in [-0.1, -0.05) is 24.6 Å². The van der Waals surface area contributed by atoms with Crippen molar-refractivity contribution in [3.63, 3.8) is 0 Å². The SMILES string of the molecule is CC/C=C/C(=O)Nc1ccc(OC)c(Nc2cc(Nc3ccc(F)c(Cl)c3)ncn2)c1. The van der Waals surface area contributed by atoms with Crippen LogP contribution >= 0.6 is 11.6 Å². The molecule has 0 aliphatic heterocycles. The summed E-state index contributed by atoms with van der Waals surface area (Å²) in [5.41, 5.74) is 1.79. The fourth-order valence-corrected chi connectivity index (χ4v) is 2.83. The van der Waals surface area contributed by atoms with Crippen LogP contribution in [0, 0.1) is 5.82 Å². The van der Waals surface area contributed by atoms with E-state index in [4.69, 9.17) is 16.3 Å². The van der Waals surface area contributed by atoms with E-state index in [1.807, 2.05) is 6.92 Å². The van der Waals surface area contributed by atoms with E-state index in [-0.39, 0.29) is 10.9 Å². The van der Waals surface area contributed by atoms with Crippen LogP contribution in [-0.4, -0.2) is 23.0 Å². The summed E-state index contributed by atoms with van der Waals surface area (Å²) in [4.78, 5) is 20.3. The Balaban J connectivity index is 1.78. The Bertz CT molecular complexity index is 1110. The summed E-state index contributed by atoms with van der Waals surface area (Å²) in [6.07, 6.45) is 5.42. The minimum Gasteiger partial charge on any atom is -0.495 e. The van der Waals surface area contributed by atoms with E-state index in [1.165, 1.54) is 24.5 Å². The van der Waals surface area contributed by atoms with E-state index < -0.39 is 5.82 Å². The second-order valence-electron chi connectivity index (χ2n) is 6.38. The van der Waals surface area contributed by atoms with Crippen molar-refractivity contribution in [2.45, 2.75) is 13.3 Å². The van der Waals surface area contributed by atoms with E-state index in [2.05, 4.69) is 25.9 Å². The normalized spacial score (nSPS) is 10.7. The summed E-state index contributed by atoms with van der Waals surface area (Å²) < 4.78 is 18.7. The lowest BCUT2D eigenvalue weighted by Crippen LogP contribution is -2.08. The van der Waals surface area contributed by atoms with Gasteiger partial charge in [-0.3, -0.25) is 4.79 Å². The number of allylic oxidation sites excluding steroid dienone is 1. The van der Waals surface area contributed by atoms with Gasteiger partial charge < -0.3 is 20.7 Å². The molecule has 1 amide bonds. The molecule has 0 saturated heterocycles. The molecule has 0 unspecified atom stereocenters. The van der Waals surface area contributed by atoms with Gasteiger partial charge in [0.2, 0.25) is 5.91 Å². The molecule has 3 N–H and O–H groups in total. The number of nitrogens with zero attached hydrogens (tertiary/aromatic N) is 2. The molecule has 0 atom stereocenters. The number of halogens is 2. The molecular formula is C22H21ClFN5O2. The second kappa shape index (κ2) is 10.4. The average molecular weight is 442 g/mol. The molecule has 31 heavy (non-hydrogen) atoms. The molecule has 9 heteroatoms. The first-order valence-electron chi connectivity index (χ1n) is 9.45. The molecule has 2 aromatic carbocycles. The summed E-state index contributed by atoms with van der Waals surface area (Å²) in [5, 5.41) is 9.01. The summed E-state index contributed by atoms with van der Waals surface area (Å²) >= 11 is 5.82. The van der Waals surface area contributed by atoms with E-state index in [1.54, 1.807) is 43.5 Å². The lowest BCUT2D eigenvalue weighted by molar-refractivity contribution is -0.111. The Morgan fingerprint density at radius 2 is 1.84 bits per heavy atom. The average Bonchev–Trinajstić information content (AvgIpc) is 2.75. The Morgan fingerprint density at radius 1 is 1.10 bits per heavy atom. The quantitative estimate of drug-likeness (QED) is 0.390. The molecule has 0 aliphatic carbocycles. The zero-order valence-electron chi connectivity index (χ0n) is 16.9. The van der Waals surface area contributed by atoms with Crippen molar-refractivity contribution in [1.82, 2.24) is 9.97 Å². The number of aromatic nitrogens is 2. The fraction of sp³-hybridized carbons (Fsp3) is 0.136. The van der Waals surface area contributed by atoms with Crippen molar-refractivity contribution in [2.75, 3.05) is 23.1 Å². The first kappa shape index (κ1) is 22.0. The molecular weight excluding hydrogens is 421 g/mol. The van der Waals surface area contributed by atoms with Crippen molar-refractivity contribution < 1.29 is 13.9 Å². The topological polar surface area (TPSA) is 88.2 Å². The number of benzene rings is 2. The van der Waals surface area contributed by atoms with E-state index in [0.29, 0.717) is 34.4 Å². The summed E-state index contributed by atoms with van der Waals surface area (Å²) in [7, 11) is 1.55. The van der Waals surface area contributed by atoms with Gasteiger partial charge >= 0.3 is 0 Å². The molecule has 0 saturated carbocycles. The van der Waals surface area contributed by atoms with Crippen LogP contribution in [0.1, 0.15) is 13.3 Å². The van der Waals surface area contributed by atoms with E-state index >= 15 is 0 Å². The minimum absolute atomic E-state index is 0.00906. The number of carbonyl (C=O) groups is 1. The van der Waals surface area contributed by atoms with Gasteiger partial charge in [0.25, 0.3) is 0 Å². The number of rotatable bonds is 8. The first-order chi connectivity index (χ1) is 15.0. The molecule has 0 bridgehead atoms. The predicted molar refractivity (Wildman–Crippen MR) is 121 cm³/mol. The molecule has 1 heterocycles. The number of nitrogens with one attached hydrogen (secondary N) is 3. The number of ether oxygens (including phenoxy) is 1. The maximum absolute atomic E-state index is 13.4. The zero-order valence-corrected chi connectivity index (χ0v) is 17.7. The van der Waals surface area contributed by atoms with Gasteiger partial charge in [0, 0.05) is 17.4 Å². The third-order valence-electron chi connectivity index (χ3n) is 4.09. The molecule has 1 aromatic heterocycles. The number of methoxy groups -OCH3 is 1. The predicted octanol–water partition coefficient (Wildman–Crippen LogP) is 5.67. The Kier molecular flexibility index (Phi) is 7.40. The van der Waals surface area contributed by atoms with Crippen molar-refractivity contribution in [3.8, 4) is 5.75 Å². The zero-order chi connectivity index (χ0) is 22.2. The maximum atomic E-state index is 13.4. The Morgan fingerprint density at radius 3 is 2.55 bits per heavy atom. The van der Waals surface area contributed by atoms with Crippen LogP contribution < -0.4 is 20.7 Å². The molecule has 3 rings (SSSR count). The molecule has 160 valence electrons. The smallest absolute Gasteiger partial charge is 0.248 e. The number of amides is 1. The second-order valence-corrected chi connectivity index (χ2v) is 6.79. The first-order valence-corrected chi connectivity index (χ1v) is 9.83. The van der Waals surface area contributed by atoms with Crippen LogP contribution in [0.3, 0.4) is 0 Å². The highest BCUT2D eigenvalue weighted by atomic mass is 35.5. The van der Waals surface area contributed by atoms with Crippen LogP contribution in [0.4, 0.5) is 33.1 Å². The van der Waals surface area contributed by atoms with E-state index in [9.17, 15) is 9.18 Å². The number of anilines is 5. The standard InChI is InChI=1S/C22H21ClFN5O2/c1-3-4-5-22(30)28-15-7-9-19(31-2)18(11-15)29-21-12-20(25-13-26-21)27-14-6-8-17(24)16(23)10-14/h4-13H,3H2,1-2H3,(H,28,30)(H2,25,26,27,29)/b5-4+. The highest BCUT2D eigenvalue weighted by Crippen LogP contribution is 2.31. The van der Waals surface area contributed by atoms with Crippen LogP contribution in [0.25, 0.3) is 0 Å². The molecule has 3 aromatic rings. The van der Waals surface area contributed by atoms with Crippen LogP contribution in [-0.2, 0) is 4.79 Å². The molecule has 0 aliphatic rings. The van der Waals surface area contributed by atoms with Gasteiger partial charge in [0.15, 0.2) is 0 Å². The number of hydrogen-bond acceptors (Lipinski definition) is 6. The van der Waals surface area contributed by atoms with Crippen LogP contribution in [0.15, 0.2) is 60.9 Å². The van der Waals surface area contributed by atoms with Gasteiger partial charge in [0.1, 0.15) is 29.5 Å². The van der Waals surface area contributed by atoms with Gasteiger partial charge in [-0.2, -0.15) is 0 Å². The fourth-order valence-electron chi connectivity index (χ4n) is 2.65. The summed E-state index contributed by atoms with van der Waals surface area (Å²) in [5.74, 6) is 0.818. The molecule has 0 spiro atoms. The molecule has 0 radical (unpaired) electrons. The molecule has 0 fully saturated rings. The monoisotopic (exact) mass is 441 g/mol. The van der Waals surface area contributed by atoms with Crippen LogP contribution in [0.2, 0.25) is 5.02 Å². The number of hydrogen-bond donors (Lipinski definition) is 3. The van der Waals surface area contributed by atoms with Crippen molar-refractivity contribution in [1.29, 1.82) is 0 Å². The van der Waals surface area contributed by atoms with Gasteiger partial charge in [-0.25, -0.2) is 14.4 Å². The molecule has 7 nitrogen and oxygen atoms in total. The third-order valence-corrected chi connectivity index (χ3v) is 4.38. The largest absolute Gasteiger partial charge is 0.495 e. The maximum Gasteiger partial charge on any atom is 0.248 e. The van der Waals surface area contributed by atoms with Crippen LogP contribution in [0.5, 0.6) is 5.75 Å². The Hall–Kier alpha value is -3.65. The van der Waals surface area contributed by atoms with Crippen molar-refractivity contribution >= 4 is 46.2 Å². The third kappa shape index (κ3) is 6.16. The minimum atomic E-state index is -0.499. The van der Waals surface area contributed by atoms with Gasteiger partial charge in [-0.05, 0) is 48.9 Å². The van der Waals surface area contributed by atoms with Gasteiger partial charge in [0.05, 0.1) is 17.8 Å². The summed E-state index contributed by atoms with van der Waals surface area (Å²) in [6.45, 7) is 1.95. The van der Waals surface area contributed by atoms with E-state index in [0.717, 1.165) is 6.42 Å². The number of carbonyl (C=O) groups excluding carboxylic acids is 1.